The summed E-state index contributed by atoms with van der Waals surface area (Å²) in [7, 11) is 1.45. The summed E-state index contributed by atoms with van der Waals surface area (Å²) in [4.78, 5) is 14.0. The van der Waals surface area contributed by atoms with E-state index in [0.29, 0.717) is 41.5 Å². The highest BCUT2D eigenvalue weighted by molar-refractivity contribution is 5.57. The van der Waals surface area contributed by atoms with Crippen molar-refractivity contribution in [3.8, 4) is 5.75 Å². The summed E-state index contributed by atoms with van der Waals surface area (Å²) in [6.45, 7) is 2.21. The van der Waals surface area contributed by atoms with Gasteiger partial charge >= 0.3 is 0 Å². The number of anilines is 4. The van der Waals surface area contributed by atoms with Crippen molar-refractivity contribution in [3.05, 3.63) is 24.0 Å². The van der Waals surface area contributed by atoms with E-state index in [1.54, 1.807) is 12.1 Å². The van der Waals surface area contributed by atoms with Crippen molar-refractivity contribution in [2.45, 2.75) is 89.6 Å². The van der Waals surface area contributed by atoms with Gasteiger partial charge in [0.1, 0.15) is 0 Å². The van der Waals surface area contributed by atoms with Crippen LogP contribution in [-0.4, -0.2) is 34.1 Å². The number of hydrogen-bond donors (Lipinski definition) is 3. The maximum absolute atomic E-state index is 14.2. The quantitative estimate of drug-likeness (QED) is 0.383. The lowest BCUT2D eigenvalue weighted by Gasteiger charge is -2.24. The lowest BCUT2D eigenvalue weighted by Crippen LogP contribution is -2.28. The molecule has 180 valence electrons. The van der Waals surface area contributed by atoms with Crippen molar-refractivity contribution in [1.82, 2.24) is 15.0 Å². The van der Waals surface area contributed by atoms with Gasteiger partial charge in [-0.1, -0.05) is 45.4 Å². The molecule has 1 atom stereocenters. The molecular formula is C25H37FN6O. The van der Waals surface area contributed by atoms with Crippen LogP contribution in [-0.2, 0) is 0 Å². The van der Waals surface area contributed by atoms with E-state index in [-0.39, 0.29) is 5.75 Å². The Morgan fingerprint density at radius 3 is 2.27 bits per heavy atom. The number of nitrogens with one attached hydrogen (secondary N) is 3. The van der Waals surface area contributed by atoms with Crippen molar-refractivity contribution >= 4 is 23.5 Å². The molecule has 7 nitrogen and oxygen atoms in total. The third-order valence-corrected chi connectivity index (χ3v) is 6.95. The summed E-state index contributed by atoms with van der Waals surface area (Å²) in [5.74, 6) is 1.95. The van der Waals surface area contributed by atoms with Crippen molar-refractivity contribution < 1.29 is 9.13 Å². The Hall–Kier alpha value is -2.64. The largest absolute Gasteiger partial charge is 0.494 e. The van der Waals surface area contributed by atoms with E-state index in [1.807, 2.05) is 0 Å². The zero-order valence-electron chi connectivity index (χ0n) is 19.9. The number of ether oxygens (including phenoxy) is 1. The fraction of sp³-hybridized carbons (Fsp3) is 0.640. The van der Waals surface area contributed by atoms with Gasteiger partial charge in [0.15, 0.2) is 11.6 Å². The lowest BCUT2D eigenvalue weighted by atomic mass is 9.96. The number of rotatable bonds is 9. The summed E-state index contributed by atoms with van der Waals surface area (Å²) in [6.07, 6.45) is 13.4. The molecule has 0 amide bonds. The first-order valence-electron chi connectivity index (χ1n) is 12.5. The maximum Gasteiger partial charge on any atom is 0.233 e. The van der Waals surface area contributed by atoms with Gasteiger partial charge in [-0.25, -0.2) is 4.39 Å². The van der Waals surface area contributed by atoms with Gasteiger partial charge in [-0.3, -0.25) is 0 Å². The first-order chi connectivity index (χ1) is 16.1. The molecule has 2 aliphatic rings. The molecule has 3 N–H and O–H groups in total. The van der Waals surface area contributed by atoms with E-state index in [2.05, 4.69) is 32.8 Å². The van der Waals surface area contributed by atoms with Crippen LogP contribution >= 0.6 is 0 Å². The van der Waals surface area contributed by atoms with Gasteiger partial charge in [-0.2, -0.15) is 15.0 Å². The van der Waals surface area contributed by atoms with Gasteiger partial charge in [0, 0.05) is 23.8 Å². The van der Waals surface area contributed by atoms with Crippen molar-refractivity contribution in [2.24, 2.45) is 5.92 Å². The van der Waals surface area contributed by atoms with Crippen LogP contribution in [0, 0.1) is 11.7 Å². The summed E-state index contributed by atoms with van der Waals surface area (Å²) in [5.41, 5.74) is 0.564. The summed E-state index contributed by atoms with van der Waals surface area (Å²) in [6, 6.07) is 5.44. The number of methoxy groups -OCH3 is 1. The molecule has 2 aliphatic carbocycles. The summed E-state index contributed by atoms with van der Waals surface area (Å²) >= 11 is 0. The molecule has 1 heterocycles. The SMILES string of the molecule is CCC(Nc1nc(Nc2ccc(OC)c(F)c2)nc(NC2CCCCCC2)n1)C1CCCC1. The van der Waals surface area contributed by atoms with Gasteiger partial charge in [0.05, 0.1) is 7.11 Å². The maximum atomic E-state index is 14.2. The van der Waals surface area contributed by atoms with Crippen LogP contribution in [0.2, 0.25) is 0 Å². The van der Waals surface area contributed by atoms with Gasteiger partial charge in [-0.05, 0) is 50.2 Å². The molecular weight excluding hydrogens is 419 g/mol. The normalized spacial score (nSPS) is 18.5. The molecule has 1 aromatic carbocycles. The number of halogens is 1. The van der Waals surface area contributed by atoms with E-state index in [0.717, 1.165) is 19.3 Å². The number of nitrogens with zero attached hydrogens (tertiary/aromatic N) is 3. The second-order valence-corrected chi connectivity index (χ2v) is 9.32. The molecule has 0 saturated heterocycles. The molecule has 0 bridgehead atoms. The van der Waals surface area contributed by atoms with Crippen LogP contribution in [0.15, 0.2) is 18.2 Å². The molecule has 0 aliphatic heterocycles. The van der Waals surface area contributed by atoms with E-state index in [1.165, 1.54) is 64.5 Å². The highest BCUT2D eigenvalue weighted by Crippen LogP contribution is 2.31. The molecule has 33 heavy (non-hydrogen) atoms. The van der Waals surface area contributed by atoms with Crippen LogP contribution in [0.5, 0.6) is 5.75 Å². The Labute approximate surface area is 196 Å². The lowest BCUT2D eigenvalue weighted by molar-refractivity contribution is 0.386. The van der Waals surface area contributed by atoms with E-state index >= 15 is 0 Å². The number of benzene rings is 1. The van der Waals surface area contributed by atoms with Crippen LogP contribution in [0.25, 0.3) is 0 Å². The standard InChI is InChI=1S/C25H37FN6O/c1-3-21(17-10-8-9-11-17)29-25-31-23(27-18-12-6-4-5-7-13-18)30-24(32-25)28-19-14-15-22(33-2)20(26)16-19/h14-18,21H,3-13H2,1-2H3,(H3,27,28,29,30,31,32). The topological polar surface area (TPSA) is 84.0 Å². The monoisotopic (exact) mass is 456 g/mol. The first-order valence-corrected chi connectivity index (χ1v) is 12.5. The average molecular weight is 457 g/mol. The minimum Gasteiger partial charge on any atom is -0.494 e. The van der Waals surface area contributed by atoms with Gasteiger partial charge in [-0.15, -0.1) is 0 Å². The molecule has 1 unspecified atom stereocenters. The van der Waals surface area contributed by atoms with E-state index in [9.17, 15) is 4.39 Å². The third-order valence-electron chi connectivity index (χ3n) is 6.95. The Balaban J connectivity index is 1.56. The molecule has 0 radical (unpaired) electrons. The van der Waals surface area contributed by atoms with Crippen LogP contribution in [0.3, 0.4) is 0 Å². The van der Waals surface area contributed by atoms with Gasteiger partial charge in [0.2, 0.25) is 17.8 Å². The second-order valence-electron chi connectivity index (χ2n) is 9.32. The average Bonchev–Trinajstić information content (AvgIpc) is 3.22. The minimum atomic E-state index is -0.431. The predicted molar refractivity (Wildman–Crippen MR) is 131 cm³/mol. The summed E-state index contributed by atoms with van der Waals surface area (Å²) < 4.78 is 19.2. The zero-order valence-corrected chi connectivity index (χ0v) is 19.9. The zero-order chi connectivity index (χ0) is 23.0. The predicted octanol–water partition coefficient (Wildman–Crippen LogP) is 6.28. The molecule has 4 rings (SSSR count). The molecule has 8 heteroatoms. The van der Waals surface area contributed by atoms with E-state index < -0.39 is 5.82 Å². The molecule has 2 saturated carbocycles. The van der Waals surface area contributed by atoms with E-state index in [4.69, 9.17) is 9.72 Å². The second kappa shape index (κ2) is 11.5. The number of aromatic nitrogens is 3. The minimum absolute atomic E-state index is 0.205. The Bertz CT molecular complexity index is 896. The summed E-state index contributed by atoms with van der Waals surface area (Å²) in [5, 5.41) is 10.3. The fourth-order valence-corrected chi connectivity index (χ4v) is 5.12. The molecule has 2 fully saturated rings. The van der Waals surface area contributed by atoms with Crippen molar-refractivity contribution in [3.63, 3.8) is 0 Å². The third kappa shape index (κ3) is 6.45. The first kappa shape index (κ1) is 23.5. The Morgan fingerprint density at radius 2 is 1.61 bits per heavy atom. The molecule has 0 spiro atoms. The Kier molecular flexibility index (Phi) is 8.18. The van der Waals surface area contributed by atoms with Gasteiger partial charge < -0.3 is 20.7 Å². The Morgan fingerprint density at radius 1 is 0.939 bits per heavy atom. The smallest absolute Gasteiger partial charge is 0.233 e. The van der Waals surface area contributed by atoms with Crippen molar-refractivity contribution in [2.75, 3.05) is 23.1 Å². The van der Waals surface area contributed by atoms with Crippen LogP contribution in [0.4, 0.5) is 27.9 Å². The van der Waals surface area contributed by atoms with Gasteiger partial charge in [0.25, 0.3) is 0 Å². The highest BCUT2D eigenvalue weighted by atomic mass is 19.1. The fourth-order valence-electron chi connectivity index (χ4n) is 5.12. The number of hydrogen-bond acceptors (Lipinski definition) is 7. The molecule has 2 aromatic rings. The van der Waals surface area contributed by atoms with Crippen LogP contribution in [0.1, 0.15) is 77.6 Å². The van der Waals surface area contributed by atoms with Crippen molar-refractivity contribution in [1.29, 1.82) is 0 Å². The van der Waals surface area contributed by atoms with Crippen LogP contribution < -0.4 is 20.7 Å². The highest BCUT2D eigenvalue weighted by Gasteiger charge is 2.25. The molecule has 1 aromatic heterocycles.